The Hall–Kier alpha value is -2.53. The fourth-order valence-corrected chi connectivity index (χ4v) is 3.99. The number of benzene rings is 2. The molecule has 1 unspecified atom stereocenters. The number of aryl methyl sites for hydroxylation is 1. The summed E-state index contributed by atoms with van der Waals surface area (Å²) in [4.78, 5) is 2.45. The summed E-state index contributed by atoms with van der Waals surface area (Å²) >= 11 is 0. The van der Waals surface area contributed by atoms with Crippen molar-refractivity contribution in [2.75, 3.05) is 13.1 Å². The highest BCUT2D eigenvalue weighted by atomic mass is 19.1. The molecule has 0 spiro atoms. The average Bonchev–Trinajstić information content (AvgIpc) is 3.13. The topological polar surface area (TPSA) is 31.9 Å². The lowest BCUT2D eigenvalue weighted by molar-refractivity contribution is 0.198. The molecular weight excluding hydrogens is 344 g/mol. The number of aromatic amines is 1. The molecule has 0 bridgehead atoms. The summed E-state index contributed by atoms with van der Waals surface area (Å²) in [5.74, 6) is -0.863. The quantitative estimate of drug-likeness (QED) is 0.700. The van der Waals surface area contributed by atoms with E-state index < -0.39 is 11.6 Å². The van der Waals surface area contributed by atoms with Gasteiger partial charge in [-0.3, -0.25) is 10.00 Å². The van der Waals surface area contributed by atoms with Crippen molar-refractivity contribution in [3.8, 4) is 11.1 Å². The van der Waals surface area contributed by atoms with Gasteiger partial charge in [0.25, 0.3) is 0 Å². The number of aromatic nitrogens is 2. The number of piperidine rings is 1. The van der Waals surface area contributed by atoms with Crippen LogP contribution in [0.5, 0.6) is 0 Å². The van der Waals surface area contributed by atoms with Crippen molar-refractivity contribution in [2.45, 2.75) is 32.2 Å². The predicted molar refractivity (Wildman–Crippen MR) is 102 cm³/mol. The lowest BCUT2D eigenvalue weighted by atomic mass is 9.90. The zero-order valence-corrected chi connectivity index (χ0v) is 15.4. The zero-order chi connectivity index (χ0) is 18.8. The highest BCUT2D eigenvalue weighted by molar-refractivity contribution is 5.66. The molecule has 2 heterocycles. The molecule has 2 aromatic carbocycles. The molecule has 1 saturated heterocycles. The van der Waals surface area contributed by atoms with E-state index >= 15 is 0 Å². The first-order valence-corrected chi connectivity index (χ1v) is 9.37. The molecule has 1 aliphatic rings. The minimum atomic E-state index is -0.566. The maximum absolute atomic E-state index is 14.3. The number of nitrogens with one attached hydrogen (secondary N) is 1. The summed E-state index contributed by atoms with van der Waals surface area (Å²) < 4.78 is 27.5. The Kier molecular flexibility index (Phi) is 5.03. The van der Waals surface area contributed by atoms with Gasteiger partial charge in [0, 0.05) is 41.9 Å². The summed E-state index contributed by atoms with van der Waals surface area (Å²) in [6.07, 6.45) is 3.76. The first-order chi connectivity index (χ1) is 13.1. The number of rotatable bonds is 4. The Morgan fingerprint density at radius 3 is 2.81 bits per heavy atom. The van der Waals surface area contributed by atoms with Crippen LogP contribution in [0.15, 0.2) is 48.7 Å². The van der Waals surface area contributed by atoms with Crippen LogP contribution in [-0.2, 0) is 6.54 Å². The Morgan fingerprint density at radius 1 is 1.15 bits per heavy atom. The van der Waals surface area contributed by atoms with E-state index in [1.165, 1.54) is 23.3 Å². The zero-order valence-electron chi connectivity index (χ0n) is 15.4. The average molecular weight is 367 g/mol. The molecule has 0 amide bonds. The molecule has 0 radical (unpaired) electrons. The highest BCUT2D eigenvalue weighted by Gasteiger charge is 2.26. The number of hydrogen-bond acceptors (Lipinski definition) is 2. The second-order valence-corrected chi connectivity index (χ2v) is 7.32. The second-order valence-electron chi connectivity index (χ2n) is 7.32. The molecule has 27 heavy (non-hydrogen) atoms. The van der Waals surface area contributed by atoms with E-state index in [0.29, 0.717) is 5.56 Å². The van der Waals surface area contributed by atoms with Gasteiger partial charge in [-0.05, 0) is 49.6 Å². The fourth-order valence-electron chi connectivity index (χ4n) is 3.99. The molecule has 1 atom stereocenters. The Labute approximate surface area is 158 Å². The van der Waals surface area contributed by atoms with E-state index in [1.807, 2.05) is 0 Å². The monoisotopic (exact) mass is 367 g/mol. The van der Waals surface area contributed by atoms with E-state index in [4.69, 9.17) is 0 Å². The Balaban J connectivity index is 1.56. The van der Waals surface area contributed by atoms with Gasteiger partial charge in [-0.1, -0.05) is 24.3 Å². The smallest absolute Gasteiger partial charge is 0.134 e. The van der Waals surface area contributed by atoms with E-state index in [-0.39, 0.29) is 5.92 Å². The maximum Gasteiger partial charge on any atom is 0.134 e. The van der Waals surface area contributed by atoms with Crippen molar-refractivity contribution in [1.82, 2.24) is 15.1 Å². The summed E-state index contributed by atoms with van der Waals surface area (Å²) in [6.45, 7) is 5.00. The summed E-state index contributed by atoms with van der Waals surface area (Å²) in [7, 11) is 0. The van der Waals surface area contributed by atoms with Crippen LogP contribution >= 0.6 is 0 Å². The first-order valence-electron chi connectivity index (χ1n) is 9.37. The molecule has 4 rings (SSSR count). The van der Waals surface area contributed by atoms with E-state index in [2.05, 4.69) is 46.3 Å². The summed E-state index contributed by atoms with van der Waals surface area (Å²) in [5, 5.41) is 7.23. The number of H-pyrrole nitrogens is 1. The van der Waals surface area contributed by atoms with Crippen LogP contribution in [0, 0.1) is 18.6 Å². The maximum atomic E-state index is 14.3. The molecule has 1 aromatic heterocycles. The second kappa shape index (κ2) is 7.61. The van der Waals surface area contributed by atoms with Crippen LogP contribution in [0.4, 0.5) is 8.78 Å². The third kappa shape index (κ3) is 3.78. The molecule has 0 aliphatic carbocycles. The number of likely N-dealkylation sites (tertiary alicyclic amines) is 1. The number of hydrogen-bond donors (Lipinski definition) is 1. The minimum Gasteiger partial charge on any atom is -0.298 e. The largest absolute Gasteiger partial charge is 0.298 e. The van der Waals surface area contributed by atoms with Gasteiger partial charge in [0.15, 0.2) is 0 Å². The van der Waals surface area contributed by atoms with Crippen molar-refractivity contribution < 1.29 is 8.78 Å². The van der Waals surface area contributed by atoms with Crippen LogP contribution in [0.1, 0.15) is 35.6 Å². The lowest BCUT2D eigenvalue weighted by Gasteiger charge is -2.33. The van der Waals surface area contributed by atoms with Crippen molar-refractivity contribution >= 4 is 0 Å². The van der Waals surface area contributed by atoms with Crippen LogP contribution in [0.3, 0.4) is 0 Å². The Morgan fingerprint density at radius 2 is 2.00 bits per heavy atom. The first kappa shape index (κ1) is 17.9. The molecule has 140 valence electrons. The van der Waals surface area contributed by atoms with Crippen LogP contribution in [0.2, 0.25) is 0 Å². The molecule has 1 fully saturated rings. The predicted octanol–water partition coefficient (Wildman–Crippen LogP) is 5.04. The molecular formula is C22H23F2N3. The van der Waals surface area contributed by atoms with E-state index in [9.17, 15) is 8.78 Å². The van der Waals surface area contributed by atoms with Crippen molar-refractivity contribution in [1.29, 1.82) is 0 Å². The van der Waals surface area contributed by atoms with Gasteiger partial charge in [0.1, 0.15) is 11.6 Å². The van der Waals surface area contributed by atoms with Crippen LogP contribution in [0.25, 0.3) is 11.1 Å². The third-order valence-electron chi connectivity index (χ3n) is 5.46. The molecule has 3 aromatic rings. The van der Waals surface area contributed by atoms with Gasteiger partial charge in [0.2, 0.25) is 0 Å². The highest BCUT2D eigenvalue weighted by Crippen LogP contribution is 2.34. The normalized spacial score (nSPS) is 18.0. The number of halogens is 2. The van der Waals surface area contributed by atoms with Crippen molar-refractivity contribution in [3.63, 3.8) is 0 Å². The molecule has 1 N–H and O–H groups in total. The minimum absolute atomic E-state index is 0.254. The molecule has 3 nitrogen and oxygen atoms in total. The lowest BCUT2D eigenvalue weighted by Crippen LogP contribution is -2.34. The van der Waals surface area contributed by atoms with Crippen molar-refractivity contribution in [3.05, 3.63) is 77.1 Å². The molecule has 0 saturated carbocycles. The van der Waals surface area contributed by atoms with Crippen LogP contribution < -0.4 is 0 Å². The van der Waals surface area contributed by atoms with Crippen molar-refractivity contribution in [2.24, 2.45) is 0 Å². The van der Waals surface area contributed by atoms with E-state index in [0.717, 1.165) is 49.8 Å². The van der Waals surface area contributed by atoms with Gasteiger partial charge < -0.3 is 0 Å². The van der Waals surface area contributed by atoms with E-state index in [1.54, 1.807) is 6.20 Å². The SMILES string of the molecule is Cc1ccccc1CN1CCCC(c2[nH]ncc2-c2ccc(F)cc2F)C1. The fraction of sp³-hybridized carbons (Fsp3) is 0.318. The Bertz CT molecular complexity index is 935. The third-order valence-corrected chi connectivity index (χ3v) is 5.46. The van der Waals surface area contributed by atoms with Gasteiger partial charge in [0.05, 0.1) is 6.20 Å². The molecule has 1 aliphatic heterocycles. The summed E-state index contributed by atoms with van der Waals surface area (Å²) in [5.41, 5.74) is 4.71. The van der Waals surface area contributed by atoms with Gasteiger partial charge >= 0.3 is 0 Å². The molecule has 5 heteroatoms. The number of nitrogens with zero attached hydrogens (tertiary/aromatic N) is 2. The summed E-state index contributed by atoms with van der Waals surface area (Å²) in [6, 6.07) is 12.2. The van der Waals surface area contributed by atoms with Gasteiger partial charge in [-0.25, -0.2) is 8.78 Å². The van der Waals surface area contributed by atoms with Gasteiger partial charge in [-0.15, -0.1) is 0 Å². The van der Waals surface area contributed by atoms with Crippen LogP contribution in [-0.4, -0.2) is 28.2 Å². The van der Waals surface area contributed by atoms with Gasteiger partial charge in [-0.2, -0.15) is 5.10 Å². The standard InChI is InChI=1S/C22H23F2N3/c1-15-5-2-3-6-16(15)13-27-10-4-7-17(14-27)22-20(12-25-26-22)19-9-8-18(23)11-21(19)24/h2-3,5-6,8-9,11-12,17H,4,7,10,13-14H2,1H3,(H,25,26).